The van der Waals surface area contributed by atoms with Crippen molar-refractivity contribution in [2.75, 3.05) is 0 Å². The van der Waals surface area contributed by atoms with Crippen LogP contribution in [0.15, 0.2) is 34.9 Å². The van der Waals surface area contributed by atoms with Crippen LogP contribution in [0, 0.1) is 5.82 Å². The molecule has 1 aromatic carbocycles. The molecule has 6 heteroatoms. The first-order chi connectivity index (χ1) is 8.97. The Bertz CT molecular complexity index is 631. The number of aromatic nitrogens is 1. The third-order valence-corrected chi connectivity index (χ3v) is 3.21. The summed E-state index contributed by atoms with van der Waals surface area (Å²) in [5.74, 6) is -0.0369. The van der Waals surface area contributed by atoms with Gasteiger partial charge in [-0.1, -0.05) is 11.6 Å². The molecule has 0 saturated carbocycles. The lowest BCUT2D eigenvalue weighted by atomic mass is 10.3. The van der Waals surface area contributed by atoms with Gasteiger partial charge in [-0.25, -0.2) is 9.37 Å². The fourth-order valence-corrected chi connectivity index (χ4v) is 2.08. The van der Waals surface area contributed by atoms with Crippen molar-refractivity contribution >= 4 is 33.3 Å². The van der Waals surface area contributed by atoms with Crippen LogP contribution in [0.3, 0.4) is 0 Å². The van der Waals surface area contributed by atoms with Crippen molar-refractivity contribution in [1.82, 2.24) is 4.98 Å². The summed E-state index contributed by atoms with van der Waals surface area (Å²) >= 11 is 8.86. The Morgan fingerprint density at radius 3 is 2.74 bits per heavy atom. The Balaban J connectivity index is 2.26. The number of hydrogen-bond donors (Lipinski definition) is 0. The quantitative estimate of drug-likeness (QED) is 0.602. The molecule has 0 N–H and O–H groups in total. The highest BCUT2D eigenvalue weighted by molar-refractivity contribution is 9.10. The highest BCUT2D eigenvalue weighted by atomic mass is 79.9. The fourth-order valence-electron chi connectivity index (χ4n) is 1.36. The SMILES string of the molecule is CC(=O)c1ccc(Oc2cc(F)c(Cl)cc2Br)cn1. The second-order valence-corrected chi connectivity index (χ2v) is 5.00. The maximum absolute atomic E-state index is 13.3. The number of pyridine rings is 1. The van der Waals surface area contributed by atoms with Gasteiger partial charge in [0, 0.05) is 13.0 Å². The number of Topliss-reactive ketones (excluding diaryl/α,β-unsaturated/α-hetero) is 1. The van der Waals surface area contributed by atoms with Gasteiger partial charge in [0.05, 0.1) is 15.7 Å². The van der Waals surface area contributed by atoms with Gasteiger partial charge in [-0.05, 0) is 34.1 Å². The summed E-state index contributed by atoms with van der Waals surface area (Å²) in [6.45, 7) is 1.42. The van der Waals surface area contributed by atoms with Crippen LogP contribution in [0.4, 0.5) is 4.39 Å². The van der Waals surface area contributed by atoms with Gasteiger partial charge >= 0.3 is 0 Å². The van der Waals surface area contributed by atoms with Crippen LogP contribution in [0.25, 0.3) is 0 Å². The smallest absolute Gasteiger partial charge is 0.178 e. The zero-order chi connectivity index (χ0) is 14.0. The van der Waals surface area contributed by atoms with E-state index in [1.54, 1.807) is 6.07 Å². The predicted molar refractivity (Wildman–Crippen MR) is 73.4 cm³/mol. The third-order valence-electron chi connectivity index (χ3n) is 2.30. The van der Waals surface area contributed by atoms with Gasteiger partial charge in [0.15, 0.2) is 5.78 Å². The number of nitrogens with zero attached hydrogens (tertiary/aromatic N) is 1. The highest BCUT2D eigenvalue weighted by Gasteiger charge is 2.09. The lowest BCUT2D eigenvalue weighted by Gasteiger charge is -2.08. The minimum atomic E-state index is -0.576. The van der Waals surface area contributed by atoms with Crippen molar-refractivity contribution in [2.24, 2.45) is 0 Å². The molecule has 0 radical (unpaired) electrons. The molecule has 0 aliphatic rings. The summed E-state index contributed by atoms with van der Waals surface area (Å²) in [5.41, 5.74) is 0.341. The molecular formula is C13H8BrClFNO2. The summed E-state index contributed by atoms with van der Waals surface area (Å²) in [6.07, 6.45) is 1.40. The topological polar surface area (TPSA) is 39.2 Å². The van der Waals surface area contributed by atoms with Crippen LogP contribution in [-0.2, 0) is 0 Å². The molecule has 0 spiro atoms. The number of hydrogen-bond acceptors (Lipinski definition) is 3. The zero-order valence-electron chi connectivity index (χ0n) is 9.78. The predicted octanol–water partition coefficient (Wildman–Crippen LogP) is 4.63. The summed E-state index contributed by atoms with van der Waals surface area (Å²) in [5, 5.41) is 0.00396. The maximum atomic E-state index is 13.3. The molecule has 2 aromatic rings. The molecule has 98 valence electrons. The van der Waals surface area contributed by atoms with Crippen LogP contribution in [0.2, 0.25) is 5.02 Å². The van der Waals surface area contributed by atoms with Crippen LogP contribution >= 0.6 is 27.5 Å². The van der Waals surface area contributed by atoms with E-state index in [9.17, 15) is 9.18 Å². The molecular weight excluding hydrogens is 337 g/mol. The van der Waals surface area contributed by atoms with Crippen LogP contribution in [-0.4, -0.2) is 10.8 Å². The second kappa shape index (κ2) is 5.67. The van der Waals surface area contributed by atoms with Gasteiger partial charge in [0.1, 0.15) is 23.0 Å². The van der Waals surface area contributed by atoms with Crippen LogP contribution in [0.1, 0.15) is 17.4 Å². The molecule has 0 bridgehead atoms. The van der Waals surface area contributed by atoms with Crippen molar-refractivity contribution in [1.29, 1.82) is 0 Å². The van der Waals surface area contributed by atoms with E-state index < -0.39 is 5.82 Å². The molecule has 0 aliphatic heterocycles. The first-order valence-electron chi connectivity index (χ1n) is 5.27. The molecule has 0 unspecified atom stereocenters. The van der Waals surface area contributed by atoms with E-state index in [1.807, 2.05) is 0 Å². The van der Waals surface area contributed by atoms with Crippen molar-refractivity contribution in [2.45, 2.75) is 6.92 Å². The van der Waals surface area contributed by atoms with Crippen LogP contribution in [0.5, 0.6) is 11.5 Å². The van der Waals surface area contributed by atoms with Crippen molar-refractivity contribution in [3.05, 3.63) is 51.5 Å². The number of carbonyl (C=O) groups is 1. The van der Waals surface area contributed by atoms with E-state index in [0.717, 1.165) is 0 Å². The maximum Gasteiger partial charge on any atom is 0.178 e. The van der Waals surface area contributed by atoms with Gasteiger partial charge in [0.25, 0.3) is 0 Å². The van der Waals surface area contributed by atoms with E-state index in [0.29, 0.717) is 15.9 Å². The van der Waals surface area contributed by atoms with E-state index in [4.69, 9.17) is 16.3 Å². The average Bonchev–Trinajstić information content (AvgIpc) is 2.36. The summed E-state index contributed by atoms with van der Waals surface area (Å²) in [4.78, 5) is 15.0. The molecule has 3 nitrogen and oxygen atoms in total. The highest BCUT2D eigenvalue weighted by Crippen LogP contribution is 2.33. The normalized spacial score (nSPS) is 10.3. The van der Waals surface area contributed by atoms with E-state index in [2.05, 4.69) is 20.9 Å². The lowest BCUT2D eigenvalue weighted by molar-refractivity contribution is 0.101. The molecule has 1 aromatic heterocycles. The van der Waals surface area contributed by atoms with Gasteiger partial charge in [-0.15, -0.1) is 0 Å². The number of ether oxygens (including phenoxy) is 1. The van der Waals surface area contributed by atoms with Crippen LogP contribution < -0.4 is 4.74 Å². The van der Waals surface area contributed by atoms with E-state index in [1.165, 1.54) is 31.3 Å². The van der Waals surface area contributed by atoms with Crippen molar-refractivity contribution < 1.29 is 13.9 Å². The molecule has 1 heterocycles. The van der Waals surface area contributed by atoms with Crippen molar-refractivity contribution in [3.63, 3.8) is 0 Å². The second-order valence-electron chi connectivity index (χ2n) is 3.73. The lowest BCUT2D eigenvalue weighted by Crippen LogP contribution is -1.96. The summed E-state index contributed by atoms with van der Waals surface area (Å²) in [6, 6.07) is 5.70. The molecule has 2 rings (SSSR count). The molecule has 0 saturated heterocycles. The van der Waals surface area contributed by atoms with E-state index >= 15 is 0 Å². The number of carbonyl (C=O) groups excluding carboxylic acids is 1. The Morgan fingerprint density at radius 1 is 1.42 bits per heavy atom. The molecule has 19 heavy (non-hydrogen) atoms. The number of rotatable bonds is 3. The third kappa shape index (κ3) is 3.30. The molecule has 0 atom stereocenters. The Hall–Kier alpha value is -1.46. The van der Waals surface area contributed by atoms with Crippen molar-refractivity contribution in [3.8, 4) is 11.5 Å². The first-order valence-corrected chi connectivity index (χ1v) is 6.44. The fraction of sp³-hybridized carbons (Fsp3) is 0.0769. The number of ketones is 1. The Labute approximate surface area is 122 Å². The Kier molecular flexibility index (Phi) is 4.17. The monoisotopic (exact) mass is 343 g/mol. The molecule has 0 fully saturated rings. The summed E-state index contributed by atoms with van der Waals surface area (Å²) < 4.78 is 19.3. The minimum Gasteiger partial charge on any atom is -0.454 e. The van der Waals surface area contributed by atoms with E-state index in [-0.39, 0.29) is 16.6 Å². The number of halogens is 3. The van der Waals surface area contributed by atoms with Gasteiger partial charge in [-0.2, -0.15) is 0 Å². The summed E-state index contributed by atoms with van der Waals surface area (Å²) in [7, 11) is 0. The zero-order valence-corrected chi connectivity index (χ0v) is 12.1. The average molecular weight is 345 g/mol. The largest absolute Gasteiger partial charge is 0.454 e. The first kappa shape index (κ1) is 14.0. The molecule has 0 aliphatic carbocycles. The van der Waals surface area contributed by atoms with Gasteiger partial charge in [-0.3, -0.25) is 4.79 Å². The molecule has 0 amide bonds. The Morgan fingerprint density at radius 2 is 2.16 bits per heavy atom. The van der Waals surface area contributed by atoms with Gasteiger partial charge < -0.3 is 4.74 Å². The number of benzene rings is 1. The standard InChI is InChI=1S/C13H8BrClFNO2/c1-7(18)12-3-2-8(6-17-12)19-13-5-11(16)10(15)4-9(13)14/h2-6H,1H3. The minimum absolute atomic E-state index is 0.00396. The van der Waals surface area contributed by atoms with Gasteiger partial charge in [0.2, 0.25) is 0 Å².